The van der Waals surface area contributed by atoms with Crippen molar-refractivity contribution in [3.05, 3.63) is 59.7 Å². The van der Waals surface area contributed by atoms with Gasteiger partial charge in [0, 0.05) is 24.3 Å². The highest BCUT2D eigenvalue weighted by Crippen LogP contribution is 2.24. The van der Waals surface area contributed by atoms with E-state index in [1.54, 1.807) is 0 Å². The summed E-state index contributed by atoms with van der Waals surface area (Å²) < 4.78 is 0. The molecule has 5 heteroatoms. The molecule has 0 radical (unpaired) electrons. The molecule has 0 unspecified atom stereocenters. The molecule has 1 atom stereocenters. The van der Waals surface area contributed by atoms with Crippen molar-refractivity contribution in [2.24, 2.45) is 0 Å². The average molecular weight is 368 g/mol. The van der Waals surface area contributed by atoms with Gasteiger partial charge in [-0.25, -0.2) is 0 Å². The van der Waals surface area contributed by atoms with E-state index in [1.807, 2.05) is 29.2 Å². The first-order valence-electron chi connectivity index (χ1n) is 9.11. The first-order chi connectivity index (χ1) is 12.6. The van der Waals surface area contributed by atoms with Crippen molar-refractivity contribution in [2.75, 3.05) is 16.8 Å². The first kappa shape index (κ1) is 18.4. The largest absolute Gasteiger partial charge is 0.356 e. The summed E-state index contributed by atoms with van der Waals surface area (Å²) in [5.74, 6) is 0.188. The van der Waals surface area contributed by atoms with Crippen molar-refractivity contribution in [1.29, 1.82) is 0 Å². The molecule has 2 N–H and O–H groups in total. The molecule has 2 aromatic rings. The summed E-state index contributed by atoms with van der Waals surface area (Å²) in [4.78, 5) is 13.8. The Morgan fingerprint density at radius 3 is 2.65 bits per heavy atom. The minimum Gasteiger partial charge on any atom is -0.356 e. The van der Waals surface area contributed by atoms with E-state index in [2.05, 4.69) is 48.7 Å². The summed E-state index contributed by atoms with van der Waals surface area (Å²) in [7, 11) is 0. The second kappa shape index (κ2) is 8.32. The fraction of sp³-hybridized carbons (Fsp3) is 0.333. The Hall–Kier alpha value is -2.40. The number of rotatable bonds is 5. The Labute approximate surface area is 160 Å². The van der Waals surface area contributed by atoms with Crippen LogP contribution in [0.5, 0.6) is 0 Å². The summed E-state index contributed by atoms with van der Waals surface area (Å²) in [6.45, 7) is 5.01. The van der Waals surface area contributed by atoms with E-state index < -0.39 is 0 Å². The van der Waals surface area contributed by atoms with Crippen molar-refractivity contribution in [1.82, 2.24) is 5.32 Å². The minimum atomic E-state index is 0.166. The summed E-state index contributed by atoms with van der Waals surface area (Å²) in [5.41, 5.74) is 4.28. The monoisotopic (exact) mass is 367 g/mol. The Morgan fingerprint density at radius 1 is 1.23 bits per heavy atom. The average Bonchev–Trinajstić information content (AvgIpc) is 3.07. The molecule has 26 heavy (non-hydrogen) atoms. The lowest BCUT2D eigenvalue weighted by Gasteiger charge is -2.21. The van der Waals surface area contributed by atoms with Gasteiger partial charge in [-0.2, -0.15) is 0 Å². The van der Waals surface area contributed by atoms with Crippen LogP contribution >= 0.6 is 12.2 Å². The number of benzene rings is 2. The molecule has 1 saturated heterocycles. The molecule has 0 spiro atoms. The van der Waals surface area contributed by atoms with Crippen LogP contribution in [0.2, 0.25) is 0 Å². The van der Waals surface area contributed by atoms with Gasteiger partial charge in [-0.3, -0.25) is 4.79 Å². The quantitative estimate of drug-likeness (QED) is 0.761. The zero-order valence-electron chi connectivity index (χ0n) is 15.3. The van der Waals surface area contributed by atoms with Gasteiger partial charge in [0.2, 0.25) is 5.91 Å². The first-order valence-corrected chi connectivity index (χ1v) is 9.52. The number of anilines is 2. The van der Waals surface area contributed by atoms with E-state index in [0.717, 1.165) is 30.8 Å². The van der Waals surface area contributed by atoms with Crippen LogP contribution in [-0.2, 0) is 4.79 Å². The fourth-order valence-corrected chi connectivity index (χ4v) is 3.48. The number of amides is 1. The molecule has 0 bridgehead atoms. The molecule has 1 aliphatic heterocycles. The number of hydrogen-bond acceptors (Lipinski definition) is 2. The summed E-state index contributed by atoms with van der Waals surface area (Å²) in [6.07, 6.45) is 2.49. The maximum absolute atomic E-state index is 11.9. The molecule has 1 fully saturated rings. The van der Waals surface area contributed by atoms with E-state index in [1.165, 1.54) is 11.1 Å². The van der Waals surface area contributed by atoms with E-state index in [4.69, 9.17) is 12.2 Å². The minimum absolute atomic E-state index is 0.166. The van der Waals surface area contributed by atoms with Crippen LogP contribution in [-0.4, -0.2) is 17.6 Å². The highest BCUT2D eigenvalue weighted by molar-refractivity contribution is 7.80. The molecule has 2 aromatic carbocycles. The summed E-state index contributed by atoms with van der Waals surface area (Å²) >= 11 is 5.50. The number of nitrogens with zero attached hydrogens (tertiary/aromatic N) is 1. The van der Waals surface area contributed by atoms with Gasteiger partial charge in [0.25, 0.3) is 0 Å². The van der Waals surface area contributed by atoms with Gasteiger partial charge in [0.1, 0.15) is 0 Å². The number of thiocarbonyl (C=S) groups is 1. The highest BCUT2D eigenvalue weighted by Gasteiger charge is 2.21. The topological polar surface area (TPSA) is 44.4 Å². The number of hydrogen-bond donors (Lipinski definition) is 2. The van der Waals surface area contributed by atoms with Gasteiger partial charge in [-0.15, -0.1) is 0 Å². The van der Waals surface area contributed by atoms with Crippen LogP contribution in [0.1, 0.15) is 43.4 Å². The lowest BCUT2D eigenvalue weighted by Crippen LogP contribution is -2.32. The lowest BCUT2D eigenvalue weighted by molar-refractivity contribution is -0.117. The van der Waals surface area contributed by atoms with Gasteiger partial charge >= 0.3 is 0 Å². The molecule has 136 valence electrons. The van der Waals surface area contributed by atoms with Crippen LogP contribution in [0.4, 0.5) is 11.4 Å². The molecule has 4 nitrogen and oxygen atoms in total. The Kier molecular flexibility index (Phi) is 5.89. The molecule has 0 saturated carbocycles. The third-order valence-electron chi connectivity index (χ3n) is 4.68. The molecule has 0 aliphatic carbocycles. The van der Waals surface area contributed by atoms with E-state index >= 15 is 0 Å². The van der Waals surface area contributed by atoms with Gasteiger partial charge < -0.3 is 15.5 Å². The molecule has 0 aromatic heterocycles. The van der Waals surface area contributed by atoms with Crippen molar-refractivity contribution >= 4 is 34.6 Å². The van der Waals surface area contributed by atoms with Gasteiger partial charge in [0.05, 0.1) is 6.04 Å². The Bertz CT molecular complexity index is 788. The number of aryl methyl sites for hydroxylation is 1. The van der Waals surface area contributed by atoms with Gasteiger partial charge in [-0.1, -0.05) is 42.8 Å². The second-order valence-electron chi connectivity index (χ2n) is 6.67. The number of nitrogens with one attached hydrogen (secondary N) is 2. The predicted molar refractivity (Wildman–Crippen MR) is 112 cm³/mol. The molecular formula is C21H25N3OS. The van der Waals surface area contributed by atoms with Crippen LogP contribution in [0.3, 0.4) is 0 Å². The maximum Gasteiger partial charge on any atom is 0.227 e. The molecule has 3 rings (SSSR count). The van der Waals surface area contributed by atoms with E-state index in [-0.39, 0.29) is 11.9 Å². The molecule has 1 heterocycles. The fourth-order valence-electron chi connectivity index (χ4n) is 3.22. The second-order valence-corrected chi connectivity index (χ2v) is 7.08. The molecule has 1 aliphatic rings. The summed E-state index contributed by atoms with van der Waals surface area (Å²) in [6, 6.07) is 16.5. The Morgan fingerprint density at radius 2 is 2.00 bits per heavy atom. The van der Waals surface area contributed by atoms with E-state index in [0.29, 0.717) is 11.5 Å². The van der Waals surface area contributed by atoms with Crippen molar-refractivity contribution in [2.45, 2.75) is 39.2 Å². The van der Waals surface area contributed by atoms with Crippen LogP contribution in [0.25, 0.3) is 0 Å². The molecular weight excluding hydrogens is 342 g/mol. The van der Waals surface area contributed by atoms with Crippen LogP contribution in [0, 0.1) is 6.92 Å². The normalized spacial score (nSPS) is 15.0. The highest BCUT2D eigenvalue weighted by atomic mass is 32.1. The zero-order valence-corrected chi connectivity index (χ0v) is 16.1. The third-order valence-corrected chi connectivity index (χ3v) is 4.90. The Balaban J connectivity index is 1.65. The van der Waals surface area contributed by atoms with Crippen molar-refractivity contribution < 1.29 is 4.79 Å². The summed E-state index contributed by atoms with van der Waals surface area (Å²) in [5, 5.41) is 7.22. The standard InChI is InChI=1S/C21H25N3OS/c1-3-19(16-11-9-15(2)10-12-16)23-21(26)22-17-6-4-7-18(14-17)24-13-5-8-20(24)25/h4,6-7,9-12,14,19H,3,5,8,13H2,1-2H3,(H2,22,23,26)/t19-/m0/s1. The van der Waals surface area contributed by atoms with Crippen molar-refractivity contribution in [3.8, 4) is 0 Å². The van der Waals surface area contributed by atoms with Crippen molar-refractivity contribution in [3.63, 3.8) is 0 Å². The lowest BCUT2D eigenvalue weighted by atomic mass is 10.0. The number of carbonyl (C=O) groups is 1. The molecule has 1 amide bonds. The SMILES string of the molecule is CC[C@H](NC(=S)Nc1cccc(N2CCCC2=O)c1)c1ccc(C)cc1. The van der Waals surface area contributed by atoms with Gasteiger partial charge in [-0.05, 0) is 55.7 Å². The van der Waals surface area contributed by atoms with E-state index in [9.17, 15) is 4.79 Å². The van der Waals surface area contributed by atoms with Crippen LogP contribution < -0.4 is 15.5 Å². The smallest absolute Gasteiger partial charge is 0.227 e. The maximum atomic E-state index is 11.9. The van der Waals surface area contributed by atoms with Gasteiger partial charge in [0.15, 0.2) is 5.11 Å². The third kappa shape index (κ3) is 4.41. The predicted octanol–water partition coefficient (Wildman–Crippen LogP) is 4.56. The van der Waals surface area contributed by atoms with Crippen LogP contribution in [0.15, 0.2) is 48.5 Å². The number of carbonyl (C=O) groups excluding carboxylic acids is 1. The zero-order chi connectivity index (χ0) is 18.5.